The van der Waals surface area contributed by atoms with Gasteiger partial charge in [-0.3, -0.25) is 0 Å². The van der Waals surface area contributed by atoms with Crippen LogP contribution in [0.1, 0.15) is 11.1 Å². The van der Waals surface area contributed by atoms with Gasteiger partial charge in [-0.2, -0.15) is 0 Å². The maximum absolute atomic E-state index is 6.07. The van der Waals surface area contributed by atoms with Gasteiger partial charge in [0.25, 0.3) is 0 Å². The van der Waals surface area contributed by atoms with Crippen LogP contribution in [0.15, 0.2) is 46.9 Å². The molecule has 0 spiro atoms. The molecule has 0 aliphatic rings. The number of aromatic nitrogens is 3. The zero-order valence-electron chi connectivity index (χ0n) is 11.0. The van der Waals surface area contributed by atoms with Crippen molar-refractivity contribution >= 4 is 23.1 Å². The molecule has 0 atom stereocenters. The van der Waals surface area contributed by atoms with Crippen molar-refractivity contribution in [2.75, 3.05) is 5.84 Å². The number of nitrogen functional groups attached to an aromatic ring is 1. The number of rotatable bonds is 4. The smallest absolute Gasteiger partial charge is 0.210 e. The highest BCUT2D eigenvalue weighted by Crippen LogP contribution is 2.26. The molecule has 0 aliphatic heterocycles. The number of nitrogens with two attached hydrogens (primary N) is 1. The van der Waals surface area contributed by atoms with Gasteiger partial charge in [-0.05, 0) is 23.9 Å². The fraction of sp³-hybridized carbons (Fsp3) is 0.143. The molecule has 0 bridgehead atoms. The van der Waals surface area contributed by atoms with E-state index in [1.54, 1.807) is 27.8 Å². The molecule has 20 heavy (non-hydrogen) atoms. The number of hydrogen-bond acceptors (Lipinski definition) is 5. The van der Waals surface area contributed by atoms with Gasteiger partial charge < -0.3 is 5.84 Å². The largest absolute Gasteiger partial charge is 0.335 e. The molecular weight excluding hydrogens is 288 g/mol. The Kier molecular flexibility index (Phi) is 3.75. The standard InChI is InChI=1S/C14H14N4S2/c1-10-4-2-5-11(8-10)9-20-14-17-16-13(18(14)15)12-6-3-7-19-12/h2-8H,9,15H2,1H3. The van der Waals surface area contributed by atoms with Crippen molar-refractivity contribution in [2.45, 2.75) is 17.8 Å². The Morgan fingerprint density at radius 3 is 2.90 bits per heavy atom. The summed E-state index contributed by atoms with van der Waals surface area (Å²) >= 11 is 3.20. The van der Waals surface area contributed by atoms with Gasteiger partial charge >= 0.3 is 0 Å². The first-order valence-electron chi connectivity index (χ1n) is 6.17. The Morgan fingerprint density at radius 1 is 1.25 bits per heavy atom. The van der Waals surface area contributed by atoms with Gasteiger partial charge in [0.2, 0.25) is 5.16 Å². The molecule has 2 N–H and O–H groups in total. The molecule has 0 amide bonds. The van der Waals surface area contributed by atoms with Crippen molar-refractivity contribution in [3.63, 3.8) is 0 Å². The van der Waals surface area contributed by atoms with E-state index in [0.717, 1.165) is 15.8 Å². The van der Waals surface area contributed by atoms with E-state index in [4.69, 9.17) is 5.84 Å². The molecule has 1 aromatic carbocycles. The monoisotopic (exact) mass is 302 g/mol. The third-order valence-electron chi connectivity index (χ3n) is 2.86. The fourth-order valence-corrected chi connectivity index (χ4v) is 3.40. The normalized spacial score (nSPS) is 10.8. The molecular formula is C14H14N4S2. The zero-order valence-corrected chi connectivity index (χ0v) is 12.6. The van der Waals surface area contributed by atoms with E-state index in [-0.39, 0.29) is 0 Å². The Hall–Kier alpha value is -1.79. The van der Waals surface area contributed by atoms with Crippen molar-refractivity contribution < 1.29 is 0 Å². The summed E-state index contributed by atoms with van der Waals surface area (Å²) in [6, 6.07) is 12.4. The van der Waals surface area contributed by atoms with Crippen LogP contribution in [0.2, 0.25) is 0 Å². The number of aryl methyl sites for hydroxylation is 1. The molecule has 102 valence electrons. The van der Waals surface area contributed by atoms with Crippen LogP contribution < -0.4 is 5.84 Å². The summed E-state index contributed by atoms with van der Waals surface area (Å²) in [5.41, 5.74) is 2.52. The highest BCUT2D eigenvalue weighted by Gasteiger charge is 2.12. The van der Waals surface area contributed by atoms with Crippen molar-refractivity contribution in [1.82, 2.24) is 14.9 Å². The van der Waals surface area contributed by atoms with Crippen molar-refractivity contribution in [3.05, 3.63) is 52.9 Å². The Balaban J connectivity index is 1.76. The first kappa shape index (κ1) is 13.2. The van der Waals surface area contributed by atoms with Crippen LogP contribution in [0.4, 0.5) is 0 Å². The number of nitrogens with zero attached hydrogens (tertiary/aromatic N) is 3. The molecule has 2 aromatic heterocycles. The van der Waals surface area contributed by atoms with Gasteiger partial charge in [0, 0.05) is 5.75 Å². The average molecular weight is 302 g/mol. The first-order chi connectivity index (χ1) is 9.74. The summed E-state index contributed by atoms with van der Waals surface area (Å²) < 4.78 is 1.56. The van der Waals surface area contributed by atoms with Gasteiger partial charge in [-0.15, -0.1) is 21.5 Å². The highest BCUT2D eigenvalue weighted by atomic mass is 32.2. The number of benzene rings is 1. The van der Waals surface area contributed by atoms with E-state index < -0.39 is 0 Å². The lowest BCUT2D eigenvalue weighted by atomic mass is 10.2. The SMILES string of the molecule is Cc1cccc(CSc2nnc(-c3cccs3)n2N)c1. The molecule has 0 unspecified atom stereocenters. The number of hydrogen-bond donors (Lipinski definition) is 1. The van der Waals surface area contributed by atoms with Gasteiger partial charge in [-0.25, -0.2) is 4.68 Å². The minimum Gasteiger partial charge on any atom is -0.335 e. The molecule has 6 heteroatoms. The van der Waals surface area contributed by atoms with E-state index in [0.29, 0.717) is 5.82 Å². The van der Waals surface area contributed by atoms with Crippen LogP contribution in [0.25, 0.3) is 10.7 Å². The van der Waals surface area contributed by atoms with Crippen LogP contribution >= 0.6 is 23.1 Å². The van der Waals surface area contributed by atoms with Crippen molar-refractivity contribution in [1.29, 1.82) is 0 Å². The lowest BCUT2D eigenvalue weighted by molar-refractivity contribution is 0.850. The van der Waals surface area contributed by atoms with Crippen LogP contribution in [0.3, 0.4) is 0 Å². The van der Waals surface area contributed by atoms with Gasteiger partial charge in [0.05, 0.1) is 4.88 Å². The molecule has 0 aliphatic carbocycles. The lowest BCUT2D eigenvalue weighted by Gasteiger charge is -2.03. The number of thioether (sulfide) groups is 1. The second-order valence-electron chi connectivity index (χ2n) is 4.43. The molecule has 0 saturated heterocycles. The van der Waals surface area contributed by atoms with E-state index in [1.807, 2.05) is 17.5 Å². The lowest BCUT2D eigenvalue weighted by Crippen LogP contribution is -2.11. The van der Waals surface area contributed by atoms with Crippen LogP contribution in [0, 0.1) is 6.92 Å². The average Bonchev–Trinajstić information content (AvgIpc) is 3.06. The maximum atomic E-state index is 6.07. The molecule has 0 radical (unpaired) electrons. The van der Waals surface area contributed by atoms with Crippen molar-refractivity contribution in [3.8, 4) is 10.7 Å². The molecule has 2 heterocycles. The second-order valence-corrected chi connectivity index (χ2v) is 6.32. The molecule has 3 aromatic rings. The van der Waals surface area contributed by atoms with E-state index in [9.17, 15) is 0 Å². The third kappa shape index (κ3) is 2.71. The number of thiophene rings is 1. The van der Waals surface area contributed by atoms with Crippen molar-refractivity contribution in [2.24, 2.45) is 0 Å². The van der Waals surface area contributed by atoms with Gasteiger partial charge in [0.1, 0.15) is 0 Å². The van der Waals surface area contributed by atoms with Gasteiger partial charge in [0.15, 0.2) is 5.82 Å². The van der Waals surface area contributed by atoms with Crippen LogP contribution in [0.5, 0.6) is 0 Å². The predicted molar refractivity (Wildman–Crippen MR) is 84.2 cm³/mol. The topological polar surface area (TPSA) is 56.7 Å². The quantitative estimate of drug-likeness (QED) is 0.593. The summed E-state index contributed by atoms with van der Waals surface area (Å²) in [6.07, 6.45) is 0. The van der Waals surface area contributed by atoms with E-state index in [2.05, 4.69) is 41.4 Å². The molecule has 4 nitrogen and oxygen atoms in total. The molecule has 0 saturated carbocycles. The molecule has 3 rings (SSSR count). The Bertz CT molecular complexity index is 704. The van der Waals surface area contributed by atoms with Gasteiger partial charge in [-0.1, -0.05) is 47.7 Å². The Morgan fingerprint density at radius 2 is 2.15 bits per heavy atom. The summed E-state index contributed by atoms with van der Waals surface area (Å²) in [6.45, 7) is 2.09. The minimum atomic E-state index is 0.715. The summed E-state index contributed by atoms with van der Waals surface area (Å²) in [7, 11) is 0. The summed E-state index contributed by atoms with van der Waals surface area (Å²) in [4.78, 5) is 1.03. The van der Waals surface area contributed by atoms with E-state index in [1.165, 1.54) is 11.1 Å². The minimum absolute atomic E-state index is 0.715. The molecule has 0 fully saturated rings. The second kappa shape index (κ2) is 5.68. The Labute approximate surface area is 125 Å². The van der Waals surface area contributed by atoms with Crippen LogP contribution in [-0.2, 0) is 5.75 Å². The predicted octanol–water partition coefficient (Wildman–Crippen LogP) is 3.32. The van der Waals surface area contributed by atoms with E-state index >= 15 is 0 Å². The maximum Gasteiger partial charge on any atom is 0.210 e. The van der Waals surface area contributed by atoms with Crippen LogP contribution in [-0.4, -0.2) is 14.9 Å². The first-order valence-corrected chi connectivity index (χ1v) is 8.03. The highest BCUT2D eigenvalue weighted by molar-refractivity contribution is 7.98. The third-order valence-corrected chi connectivity index (χ3v) is 4.74. The summed E-state index contributed by atoms with van der Waals surface area (Å²) in [5, 5.41) is 11.1. The fourth-order valence-electron chi connectivity index (χ4n) is 1.90. The zero-order chi connectivity index (χ0) is 13.9. The summed E-state index contributed by atoms with van der Waals surface area (Å²) in [5.74, 6) is 7.62.